The molecule has 3 aliphatic rings. The summed E-state index contributed by atoms with van der Waals surface area (Å²) >= 11 is 0. The van der Waals surface area contributed by atoms with Crippen molar-refractivity contribution >= 4 is 17.4 Å². The third-order valence-corrected chi connectivity index (χ3v) is 7.17. The van der Waals surface area contributed by atoms with Crippen LogP contribution >= 0.6 is 0 Å². The van der Waals surface area contributed by atoms with E-state index in [0.717, 1.165) is 42.8 Å². The summed E-state index contributed by atoms with van der Waals surface area (Å²) in [4.78, 5) is 30.4. The van der Waals surface area contributed by atoms with Gasteiger partial charge >= 0.3 is 0 Å². The van der Waals surface area contributed by atoms with Crippen molar-refractivity contribution in [3.63, 3.8) is 0 Å². The molecule has 3 heterocycles. The SMILES string of the molecule is CCc1ccc([C@@H]2C(=C(O)c3ccc4c(c3)C[C@@H](C)O4)C(=O)C(=O)N2CCN2CCOCC2)cc1. The average Bonchev–Trinajstić information content (AvgIpc) is 3.38. The molecule has 0 spiro atoms. The summed E-state index contributed by atoms with van der Waals surface area (Å²) in [6.07, 6.45) is 1.71. The van der Waals surface area contributed by atoms with Crippen molar-refractivity contribution in [1.29, 1.82) is 0 Å². The van der Waals surface area contributed by atoms with Crippen LogP contribution in [0.25, 0.3) is 5.76 Å². The number of benzene rings is 2. The Morgan fingerprint density at radius 3 is 2.51 bits per heavy atom. The molecule has 2 fully saturated rings. The van der Waals surface area contributed by atoms with E-state index < -0.39 is 17.7 Å². The summed E-state index contributed by atoms with van der Waals surface area (Å²) in [5.74, 6) is -0.544. The van der Waals surface area contributed by atoms with Crippen molar-refractivity contribution in [2.24, 2.45) is 0 Å². The first-order valence-electron chi connectivity index (χ1n) is 12.4. The van der Waals surface area contributed by atoms with Crippen LogP contribution in [0.2, 0.25) is 0 Å². The summed E-state index contributed by atoms with van der Waals surface area (Å²) < 4.78 is 11.2. The number of aryl methyl sites for hydroxylation is 1. The van der Waals surface area contributed by atoms with E-state index in [-0.39, 0.29) is 17.4 Å². The quantitative estimate of drug-likeness (QED) is 0.392. The van der Waals surface area contributed by atoms with Crippen LogP contribution in [0.4, 0.5) is 0 Å². The summed E-state index contributed by atoms with van der Waals surface area (Å²) in [6, 6.07) is 12.8. The number of carbonyl (C=O) groups is 2. The zero-order chi connectivity index (χ0) is 24.5. The normalized spacial score (nSPS) is 24.0. The number of fused-ring (bicyclic) bond motifs is 1. The van der Waals surface area contributed by atoms with Gasteiger partial charge in [-0.2, -0.15) is 0 Å². The minimum atomic E-state index is -0.640. The second-order valence-electron chi connectivity index (χ2n) is 9.50. The predicted molar refractivity (Wildman–Crippen MR) is 132 cm³/mol. The lowest BCUT2D eigenvalue weighted by atomic mass is 9.93. The lowest BCUT2D eigenvalue weighted by Crippen LogP contribution is -2.42. The number of nitrogens with zero attached hydrogens (tertiary/aromatic N) is 2. The van der Waals surface area contributed by atoms with E-state index in [0.29, 0.717) is 31.9 Å². The standard InChI is InChI=1S/C28H32N2O5/c1-3-19-4-6-20(7-5-19)25-24(26(31)21-8-9-23-22(17-21)16-18(2)35-23)27(32)28(33)30(25)11-10-29-12-14-34-15-13-29/h4-9,17-18,25,31H,3,10-16H2,1-2H3/t18-,25-/m1/s1. The van der Waals surface area contributed by atoms with Crippen molar-refractivity contribution in [2.75, 3.05) is 39.4 Å². The Hall–Kier alpha value is -3.16. The highest BCUT2D eigenvalue weighted by Crippen LogP contribution is 2.40. The molecule has 0 saturated carbocycles. The number of aliphatic hydroxyl groups is 1. The lowest BCUT2D eigenvalue weighted by Gasteiger charge is -2.31. The van der Waals surface area contributed by atoms with Crippen LogP contribution in [0.1, 0.15) is 42.1 Å². The van der Waals surface area contributed by atoms with Gasteiger partial charge in [0.15, 0.2) is 0 Å². The molecule has 0 aliphatic carbocycles. The maximum Gasteiger partial charge on any atom is 0.295 e. The monoisotopic (exact) mass is 476 g/mol. The number of morpholine rings is 1. The van der Waals surface area contributed by atoms with E-state index in [4.69, 9.17) is 9.47 Å². The maximum atomic E-state index is 13.3. The average molecular weight is 477 g/mol. The van der Waals surface area contributed by atoms with Crippen LogP contribution < -0.4 is 4.74 Å². The molecule has 2 atom stereocenters. The number of amides is 1. The predicted octanol–water partition coefficient (Wildman–Crippen LogP) is 3.33. The van der Waals surface area contributed by atoms with Gasteiger partial charge < -0.3 is 19.5 Å². The fourth-order valence-corrected chi connectivity index (χ4v) is 5.19. The third kappa shape index (κ3) is 4.58. The Labute approximate surface area is 205 Å². The molecule has 1 amide bonds. The molecular formula is C28H32N2O5. The van der Waals surface area contributed by atoms with E-state index in [2.05, 4.69) is 11.8 Å². The van der Waals surface area contributed by atoms with Crippen LogP contribution in [0.5, 0.6) is 5.75 Å². The van der Waals surface area contributed by atoms with Gasteiger partial charge in [0.05, 0.1) is 24.8 Å². The van der Waals surface area contributed by atoms with Crippen molar-refractivity contribution in [2.45, 2.75) is 38.8 Å². The van der Waals surface area contributed by atoms with Gasteiger partial charge in [-0.15, -0.1) is 0 Å². The van der Waals surface area contributed by atoms with Gasteiger partial charge in [-0.05, 0) is 48.2 Å². The first kappa shape index (κ1) is 23.6. The van der Waals surface area contributed by atoms with Crippen LogP contribution in [0.3, 0.4) is 0 Å². The van der Waals surface area contributed by atoms with E-state index >= 15 is 0 Å². The molecule has 1 N–H and O–H groups in total. The first-order chi connectivity index (χ1) is 17.0. The number of likely N-dealkylation sites (tertiary alicyclic amines) is 1. The van der Waals surface area contributed by atoms with Crippen LogP contribution in [-0.4, -0.2) is 72.1 Å². The molecule has 0 bridgehead atoms. The molecule has 3 aliphatic heterocycles. The third-order valence-electron chi connectivity index (χ3n) is 7.17. The molecule has 7 nitrogen and oxygen atoms in total. The van der Waals surface area contributed by atoms with Gasteiger partial charge in [-0.1, -0.05) is 31.2 Å². The molecule has 0 unspecified atom stereocenters. The Kier molecular flexibility index (Phi) is 6.62. The fraction of sp³-hybridized carbons (Fsp3) is 0.429. The number of Topliss-reactive ketones (excluding diaryl/α,β-unsaturated/α-hetero) is 1. The van der Waals surface area contributed by atoms with Gasteiger partial charge in [0, 0.05) is 38.2 Å². The molecule has 7 heteroatoms. The Morgan fingerprint density at radius 2 is 1.80 bits per heavy atom. The van der Waals surface area contributed by atoms with Gasteiger partial charge in [-0.25, -0.2) is 0 Å². The van der Waals surface area contributed by atoms with Crippen LogP contribution in [0.15, 0.2) is 48.0 Å². The number of aliphatic hydroxyl groups excluding tert-OH is 1. The van der Waals surface area contributed by atoms with Crippen molar-refractivity contribution < 1.29 is 24.2 Å². The topological polar surface area (TPSA) is 79.3 Å². The van der Waals surface area contributed by atoms with E-state index in [1.807, 2.05) is 43.3 Å². The van der Waals surface area contributed by atoms with E-state index in [1.165, 1.54) is 5.56 Å². The molecule has 2 saturated heterocycles. The summed E-state index contributed by atoms with van der Waals surface area (Å²) in [5.41, 5.74) is 3.66. The van der Waals surface area contributed by atoms with Crippen LogP contribution in [0, 0.1) is 0 Å². The Morgan fingerprint density at radius 1 is 1.06 bits per heavy atom. The zero-order valence-electron chi connectivity index (χ0n) is 20.3. The lowest BCUT2D eigenvalue weighted by molar-refractivity contribution is -0.140. The second kappa shape index (κ2) is 9.84. The number of ether oxygens (including phenoxy) is 2. The number of rotatable bonds is 6. The van der Waals surface area contributed by atoms with E-state index in [9.17, 15) is 14.7 Å². The Bertz CT molecular complexity index is 1150. The number of hydrogen-bond donors (Lipinski definition) is 1. The van der Waals surface area contributed by atoms with Gasteiger partial charge in [0.25, 0.3) is 11.7 Å². The van der Waals surface area contributed by atoms with Gasteiger partial charge in [0.2, 0.25) is 0 Å². The molecule has 2 aromatic rings. The van der Waals surface area contributed by atoms with Crippen molar-refractivity contribution in [3.8, 4) is 5.75 Å². The fourth-order valence-electron chi connectivity index (χ4n) is 5.19. The number of ketones is 1. The smallest absolute Gasteiger partial charge is 0.295 e. The Balaban J connectivity index is 1.53. The van der Waals surface area contributed by atoms with Gasteiger partial charge in [-0.3, -0.25) is 14.5 Å². The largest absolute Gasteiger partial charge is 0.507 e. The molecule has 5 rings (SSSR count). The number of carbonyl (C=O) groups excluding carboxylic acids is 2. The maximum absolute atomic E-state index is 13.3. The zero-order valence-corrected chi connectivity index (χ0v) is 20.3. The van der Waals surface area contributed by atoms with Crippen molar-refractivity contribution in [1.82, 2.24) is 9.80 Å². The highest BCUT2D eigenvalue weighted by molar-refractivity contribution is 6.46. The van der Waals surface area contributed by atoms with Crippen LogP contribution in [-0.2, 0) is 27.2 Å². The first-order valence-corrected chi connectivity index (χ1v) is 12.4. The molecule has 0 aromatic heterocycles. The van der Waals surface area contributed by atoms with Gasteiger partial charge in [0.1, 0.15) is 17.6 Å². The van der Waals surface area contributed by atoms with Crippen molar-refractivity contribution in [3.05, 3.63) is 70.3 Å². The molecule has 184 valence electrons. The molecule has 35 heavy (non-hydrogen) atoms. The molecular weight excluding hydrogens is 444 g/mol. The summed E-state index contributed by atoms with van der Waals surface area (Å²) in [7, 11) is 0. The minimum Gasteiger partial charge on any atom is -0.507 e. The summed E-state index contributed by atoms with van der Waals surface area (Å²) in [6.45, 7) is 8.07. The van der Waals surface area contributed by atoms with E-state index in [1.54, 1.807) is 11.0 Å². The summed E-state index contributed by atoms with van der Waals surface area (Å²) in [5, 5.41) is 11.4. The highest BCUT2D eigenvalue weighted by Gasteiger charge is 2.46. The molecule has 0 radical (unpaired) electrons. The second-order valence-corrected chi connectivity index (χ2v) is 9.50. The highest BCUT2D eigenvalue weighted by atomic mass is 16.5. The minimum absolute atomic E-state index is 0.0743. The molecule has 2 aromatic carbocycles. The number of hydrogen-bond acceptors (Lipinski definition) is 6.